The third-order valence-electron chi connectivity index (χ3n) is 0.406. The van der Waals surface area contributed by atoms with Crippen molar-refractivity contribution in [1.82, 2.24) is 9.97 Å². The average Bonchev–Trinajstić information content (AvgIpc) is 1.76. The molecule has 7 heavy (non-hydrogen) atoms. The molecule has 0 amide bonds. The van der Waals surface area contributed by atoms with E-state index in [2.05, 4.69) is 9.97 Å². The second kappa shape index (κ2) is 5.98. The van der Waals surface area contributed by atoms with Crippen LogP contribution in [0.3, 0.4) is 0 Å². The molecule has 42 valence electrons. The van der Waals surface area contributed by atoms with E-state index in [0.29, 0.717) is 0 Å². The predicted molar refractivity (Wildman–Crippen MR) is 36.2 cm³/mol. The Morgan fingerprint density at radius 3 is 2.29 bits per heavy atom. The molecule has 0 aliphatic rings. The highest BCUT2D eigenvalue weighted by atomic mass is 79.9. The Kier molecular flexibility index (Phi) is 8.60. The van der Waals surface area contributed by atoms with Crippen LogP contribution in [-0.4, -0.2) is 9.97 Å². The number of nitrogens with one attached hydrogen (secondary N) is 1. The molecular formula is C3H6BrClN2. The highest BCUT2D eigenvalue weighted by Crippen LogP contribution is 1.62. The van der Waals surface area contributed by atoms with Gasteiger partial charge in [0.2, 0.25) is 0 Å². The van der Waals surface area contributed by atoms with Gasteiger partial charge in [0.1, 0.15) is 0 Å². The van der Waals surface area contributed by atoms with Gasteiger partial charge in [-0.2, -0.15) is 0 Å². The number of hydrogen-bond donors (Lipinski definition) is 1. The molecule has 0 saturated carbocycles. The summed E-state index contributed by atoms with van der Waals surface area (Å²) in [4.78, 5) is 6.42. The van der Waals surface area contributed by atoms with Gasteiger partial charge in [0.05, 0.1) is 6.33 Å². The smallest absolute Gasteiger partial charge is 0.0919 e. The first kappa shape index (κ1) is 10.1. The van der Waals surface area contributed by atoms with Crippen LogP contribution in [-0.2, 0) is 0 Å². The summed E-state index contributed by atoms with van der Waals surface area (Å²) in [6.07, 6.45) is 5.08. The van der Waals surface area contributed by atoms with Gasteiger partial charge in [-0.25, -0.2) is 4.98 Å². The van der Waals surface area contributed by atoms with Crippen LogP contribution in [0.15, 0.2) is 18.7 Å². The molecule has 0 radical (unpaired) electrons. The fourth-order valence-corrected chi connectivity index (χ4v) is 0.215. The second-order valence-electron chi connectivity index (χ2n) is 0.761. The van der Waals surface area contributed by atoms with E-state index in [1.54, 1.807) is 18.7 Å². The van der Waals surface area contributed by atoms with Crippen molar-refractivity contribution in [3.05, 3.63) is 18.7 Å². The van der Waals surface area contributed by atoms with Gasteiger partial charge in [0.15, 0.2) is 0 Å². The van der Waals surface area contributed by atoms with Crippen molar-refractivity contribution in [3.8, 4) is 0 Å². The first-order valence-electron chi connectivity index (χ1n) is 1.43. The first-order valence-corrected chi connectivity index (χ1v) is 1.43. The first-order chi connectivity index (χ1) is 2.50. The largest absolute Gasteiger partial charge is 0.351 e. The lowest BCUT2D eigenvalue weighted by Crippen LogP contribution is -1.44. The van der Waals surface area contributed by atoms with Crippen molar-refractivity contribution in [1.29, 1.82) is 0 Å². The Labute approximate surface area is 58.5 Å². The highest BCUT2D eigenvalue weighted by molar-refractivity contribution is 8.93. The van der Waals surface area contributed by atoms with E-state index < -0.39 is 0 Å². The molecule has 1 N–H and O–H groups in total. The Morgan fingerprint density at radius 2 is 2.14 bits per heavy atom. The fourth-order valence-electron chi connectivity index (χ4n) is 0.215. The van der Waals surface area contributed by atoms with Gasteiger partial charge < -0.3 is 4.98 Å². The fraction of sp³-hybridized carbons (Fsp3) is 0. The molecule has 0 aromatic carbocycles. The topological polar surface area (TPSA) is 28.7 Å². The van der Waals surface area contributed by atoms with Crippen molar-refractivity contribution in [2.24, 2.45) is 0 Å². The van der Waals surface area contributed by atoms with Crippen LogP contribution in [0.1, 0.15) is 0 Å². The van der Waals surface area contributed by atoms with Crippen LogP contribution in [0, 0.1) is 0 Å². The minimum Gasteiger partial charge on any atom is -0.351 e. The summed E-state index contributed by atoms with van der Waals surface area (Å²) >= 11 is 0. The van der Waals surface area contributed by atoms with Crippen molar-refractivity contribution >= 4 is 29.4 Å². The summed E-state index contributed by atoms with van der Waals surface area (Å²) in [7, 11) is 0. The molecule has 1 heterocycles. The normalized spacial score (nSPS) is 5.71. The quantitative estimate of drug-likeness (QED) is 0.650. The molecule has 0 unspecified atom stereocenters. The Balaban J connectivity index is 0. The Bertz CT molecular complexity index is 69.4. The van der Waals surface area contributed by atoms with Crippen LogP contribution in [0.4, 0.5) is 0 Å². The number of aromatic nitrogens is 2. The average molecular weight is 185 g/mol. The standard InChI is InChI=1S/C3H4N2.BrH.ClH/c1-2-5-3-4-1;;/h1-3H,(H,4,5);2*1H. The SMILES string of the molecule is Br.Cl.c1c[nH]cn1. The molecule has 4 heteroatoms. The third-order valence-corrected chi connectivity index (χ3v) is 0.406. The molecular weight excluding hydrogens is 179 g/mol. The summed E-state index contributed by atoms with van der Waals surface area (Å²) in [5.74, 6) is 0. The van der Waals surface area contributed by atoms with Gasteiger partial charge in [-0.15, -0.1) is 29.4 Å². The molecule has 1 rings (SSSR count). The molecule has 0 aliphatic heterocycles. The van der Waals surface area contributed by atoms with Crippen LogP contribution < -0.4 is 0 Å². The van der Waals surface area contributed by atoms with E-state index in [-0.39, 0.29) is 29.4 Å². The van der Waals surface area contributed by atoms with Crippen molar-refractivity contribution < 1.29 is 0 Å². The van der Waals surface area contributed by atoms with E-state index in [1.807, 2.05) is 0 Å². The van der Waals surface area contributed by atoms with E-state index in [9.17, 15) is 0 Å². The summed E-state index contributed by atoms with van der Waals surface area (Å²) in [6, 6.07) is 0. The number of H-pyrrole nitrogens is 1. The van der Waals surface area contributed by atoms with Gasteiger partial charge in [0.25, 0.3) is 0 Å². The molecule has 1 aromatic rings. The molecule has 0 saturated heterocycles. The molecule has 0 bridgehead atoms. The van der Waals surface area contributed by atoms with Crippen LogP contribution >= 0.6 is 29.4 Å². The molecule has 0 atom stereocenters. The van der Waals surface area contributed by atoms with Crippen LogP contribution in [0.25, 0.3) is 0 Å². The second-order valence-corrected chi connectivity index (χ2v) is 0.761. The summed E-state index contributed by atoms with van der Waals surface area (Å²) in [5, 5.41) is 0. The lowest BCUT2D eigenvalue weighted by Gasteiger charge is -1.46. The minimum absolute atomic E-state index is 0. The highest BCUT2D eigenvalue weighted by Gasteiger charge is 1.56. The summed E-state index contributed by atoms with van der Waals surface area (Å²) in [6.45, 7) is 0. The molecule has 0 fully saturated rings. The zero-order valence-corrected chi connectivity index (χ0v) is 6.03. The third kappa shape index (κ3) is 3.82. The van der Waals surface area contributed by atoms with E-state index in [0.717, 1.165) is 0 Å². The van der Waals surface area contributed by atoms with Gasteiger partial charge in [-0.05, 0) is 0 Å². The zero-order chi connectivity index (χ0) is 3.54. The maximum atomic E-state index is 3.67. The molecule has 2 nitrogen and oxygen atoms in total. The monoisotopic (exact) mass is 184 g/mol. The number of imidazole rings is 1. The molecule has 0 aliphatic carbocycles. The van der Waals surface area contributed by atoms with Gasteiger partial charge in [-0.3, -0.25) is 0 Å². The summed E-state index contributed by atoms with van der Waals surface area (Å²) < 4.78 is 0. The Morgan fingerprint density at radius 1 is 1.43 bits per heavy atom. The van der Waals surface area contributed by atoms with Crippen LogP contribution in [0.5, 0.6) is 0 Å². The molecule has 0 spiro atoms. The van der Waals surface area contributed by atoms with Crippen LogP contribution in [0.2, 0.25) is 0 Å². The lowest BCUT2D eigenvalue weighted by molar-refractivity contribution is 1.31. The Hall–Kier alpha value is -0.0200. The van der Waals surface area contributed by atoms with E-state index >= 15 is 0 Å². The predicted octanol–water partition coefficient (Wildman–Crippen LogP) is 1.41. The number of rotatable bonds is 0. The van der Waals surface area contributed by atoms with Crippen molar-refractivity contribution in [3.63, 3.8) is 0 Å². The lowest BCUT2D eigenvalue weighted by atomic mass is 11.0. The van der Waals surface area contributed by atoms with Gasteiger partial charge in [0, 0.05) is 12.4 Å². The van der Waals surface area contributed by atoms with Crippen molar-refractivity contribution in [2.75, 3.05) is 0 Å². The molecule has 1 aromatic heterocycles. The van der Waals surface area contributed by atoms with E-state index in [1.165, 1.54) is 0 Å². The van der Waals surface area contributed by atoms with Gasteiger partial charge in [-0.1, -0.05) is 0 Å². The van der Waals surface area contributed by atoms with E-state index in [4.69, 9.17) is 0 Å². The minimum atomic E-state index is 0. The number of hydrogen-bond acceptors (Lipinski definition) is 1. The van der Waals surface area contributed by atoms with Crippen molar-refractivity contribution in [2.45, 2.75) is 0 Å². The number of halogens is 2. The number of aromatic amines is 1. The maximum Gasteiger partial charge on any atom is 0.0919 e. The summed E-state index contributed by atoms with van der Waals surface area (Å²) in [5.41, 5.74) is 0. The maximum absolute atomic E-state index is 3.67. The number of nitrogens with zero attached hydrogens (tertiary/aromatic N) is 1. The van der Waals surface area contributed by atoms with Gasteiger partial charge >= 0.3 is 0 Å². The zero-order valence-electron chi connectivity index (χ0n) is 3.50.